The van der Waals surface area contributed by atoms with Crippen LogP contribution in [0.4, 0.5) is 4.39 Å². The molecule has 126 valence electrons. The highest BCUT2D eigenvalue weighted by Gasteiger charge is 2.29. The van der Waals surface area contributed by atoms with Crippen LogP contribution in [0.15, 0.2) is 42.7 Å². The van der Waals surface area contributed by atoms with Crippen molar-refractivity contribution >= 4 is 12.0 Å². The van der Waals surface area contributed by atoms with Gasteiger partial charge in [0.15, 0.2) is 0 Å². The Bertz CT molecular complexity index is 694. The molecular formula is C19H21FN2OS. The minimum absolute atomic E-state index is 0.231. The predicted octanol–water partition coefficient (Wildman–Crippen LogP) is 4.05. The molecule has 1 saturated heterocycles. The summed E-state index contributed by atoms with van der Waals surface area (Å²) in [4.78, 5) is 6.84. The first-order valence-electron chi connectivity index (χ1n) is 8.52. The molecule has 0 amide bonds. The number of benzene rings is 1. The number of hydrogen-bond donors (Lipinski definition) is 0. The summed E-state index contributed by atoms with van der Waals surface area (Å²) < 4.78 is 18.6. The molecule has 2 aromatic rings. The molecule has 1 aliphatic heterocycles. The molecule has 2 aliphatic rings. The second-order valence-electron chi connectivity index (χ2n) is 6.61. The number of rotatable bonds is 5. The van der Waals surface area contributed by atoms with E-state index >= 15 is 0 Å². The zero-order valence-corrected chi connectivity index (χ0v) is 14.3. The monoisotopic (exact) mass is 344 g/mol. The van der Waals surface area contributed by atoms with E-state index in [1.54, 1.807) is 12.1 Å². The third kappa shape index (κ3) is 3.57. The SMILES string of the molecule is Fc1ccc(OSC2CCN(CC3CCc4ccncc43)C2)cc1. The van der Waals surface area contributed by atoms with E-state index in [1.165, 1.54) is 48.1 Å². The number of likely N-dealkylation sites (tertiary alicyclic amines) is 1. The smallest absolute Gasteiger partial charge is 0.137 e. The minimum atomic E-state index is -0.231. The molecule has 1 aliphatic carbocycles. The van der Waals surface area contributed by atoms with Crippen LogP contribution in [0.2, 0.25) is 0 Å². The summed E-state index contributed by atoms with van der Waals surface area (Å²) in [5.41, 5.74) is 2.91. The fourth-order valence-corrected chi connectivity index (χ4v) is 4.50. The maximum Gasteiger partial charge on any atom is 0.137 e. The molecule has 2 atom stereocenters. The Hall–Kier alpha value is -1.59. The van der Waals surface area contributed by atoms with E-state index in [1.807, 2.05) is 12.4 Å². The maximum absolute atomic E-state index is 12.9. The van der Waals surface area contributed by atoms with Crippen LogP contribution in [-0.4, -0.2) is 34.8 Å². The number of hydrogen-bond acceptors (Lipinski definition) is 4. The van der Waals surface area contributed by atoms with Crippen LogP contribution in [0.3, 0.4) is 0 Å². The van der Waals surface area contributed by atoms with Gasteiger partial charge < -0.3 is 9.08 Å². The van der Waals surface area contributed by atoms with Gasteiger partial charge in [0.2, 0.25) is 0 Å². The zero-order chi connectivity index (χ0) is 16.4. The van der Waals surface area contributed by atoms with Crippen molar-refractivity contribution in [3.63, 3.8) is 0 Å². The van der Waals surface area contributed by atoms with Crippen LogP contribution >= 0.6 is 12.0 Å². The van der Waals surface area contributed by atoms with Gasteiger partial charge in [0.1, 0.15) is 11.6 Å². The van der Waals surface area contributed by atoms with Crippen LogP contribution in [0.5, 0.6) is 5.75 Å². The van der Waals surface area contributed by atoms with Crippen LogP contribution in [-0.2, 0) is 6.42 Å². The van der Waals surface area contributed by atoms with Crippen molar-refractivity contribution in [2.45, 2.75) is 30.4 Å². The molecule has 0 bridgehead atoms. The van der Waals surface area contributed by atoms with Crippen LogP contribution in [0, 0.1) is 5.82 Å². The number of aryl methyl sites for hydroxylation is 1. The van der Waals surface area contributed by atoms with Crippen molar-refractivity contribution in [1.29, 1.82) is 0 Å². The average molecular weight is 344 g/mol. The Morgan fingerprint density at radius 3 is 2.96 bits per heavy atom. The first-order valence-corrected chi connectivity index (χ1v) is 9.32. The Morgan fingerprint density at radius 1 is 1.21 bits per heavy atom. The standard InChI is InChI=1S/C19H21FN2OS/c20-16-3-5-17(6-4-16)23-24-18-8-10-22(13-18)12-15-2-1-14-7-9-21-11-19(14)15/h3-7,9,11,15,18H,1-2,8,10,12-13H2. The minimum Gasteiger partial charge on any atom is -0.425 e. The van der Waals surface area contributed by atoms with E-state index in [9.17, 15) is 4.39 Å². The summed E-state index contributed by atoms with van der Waals surface area (Å²) in [6.07, 6.45) is 7.51. The molecular weight excluding hydrogens is 323 g/mol. The molecule has 24 heavy (non-hydrogen) atoms. The molecule has 2 heterocycles. The number of aromatic nitrogens is 1. The molecule has 0 spiro atoms. The van der Waals surface area contributed by atoms with Gasteiger partial charge in [-0.05, 0) is 73.2 Å². The van der Waals surface area contributed by atoms with Crippen LogP contribution in [0.1, 0.15) is 29.9 Å². The van der Waals surface area contributed by atoms with E-state index in [0.717, 1.165) is 31.8 Å². The van der Waals surface area contributed by atoms with Crippen molar-refractivity contribution in [2.24, 2.45) is 0 Å². The highest BCUT2D eigenvalue weighted by atomic mass is 32.2. The summed E-state index contributed by atoms with van der Waals surface area (Å²) in [6, 6.07) is 8.38. The van der Waals surface area contributed by atoms with Gasteiger partial charge in [-0.2, -0.15) is 0 Å². The van der Waals surface area contributed by atoms with Gasteiger partial charge in [-0.3, -0.25) is 4.98 Å². The predicted molar refractivity (Wildman–Crippen MR) is 94.8 cm³/mol. The summed E-state index contributed by atoms with van der Waals surface area (Å²) in [6.45, 7) is 3.29. The van der Waals surface area contributed by atoms with Crippen molar-refractivity contribution in [3.8, 4) is 5.75 Å². The Labute approximate surface area is 146 Å². The molecule has 4 rings (SSSR count). The van der Waals surface area contributed by atoms with Gasteiger partial charge in [0, 0.05) is 25.5 Å². The molecule has 0 radical (unpaired) electrons. The summed E-state index contributed by atoms with van der Waals surface area (Å²) in [7, 11) is 0. The largest absolute Gasteiger partial charge is 0.425 e. The third-order valence-electron chi connectivity index (χ3n) is 4.95. The number of nitrogens with zero attached hydrogens (tertiary/aromatic N) is 2. The molecule has 5 heteroatoms. The first-order chi connectivity index (χ1) is 11.8. The maximum atomic E-state index is 12.9. The number of halogens is 1. The average Bonchev–Trinajstić information content (AvgIpc) is 3.22. The van der Waals surface area contributed by atoms with Gasteiger partial charge in [0.05, 0.1) is 17.3 Å². The van der Waals surface area contributed by atoms with Gasteiger partial charge in [0.25, 0.3) is 0 Å². The Morgan fingerprint density at radius 2 is 2.08 bits per heavy atom. The molecule has 3 nitrogen and oxygen atoms in total. The quantitative estimate of drug-likeness (QED) is 0.764. The summed E-state index contributed by atoms with van der Waals surface area (Å²) >= 11 is 1.51. The number of pyridine rings is 1. The fraction of sp³-hybridized carbons (Fsp3) is 0.421. The third-order valence-corrected chi connectivity index (χ3v) is 5.90. The van der Waals surface area contributed by atoms with E-state index in [2.05, 4.69) is 16.0 Å². The highest BCUT2D eigenvalue weighted by molar-refractivity contribution is 7.95. The molecule has 1 aromatic heterocycles. The van der Waals surface area contributed by atoms with Crippen LogP contribution < -0.4 is 4.18 Å². The molecule has 2 unspecified atom stereocenters. The topological polar surface area (TPSA) is 25.4 Å². The lowest BCUT2D eigenvalue weighted by Crippen LogP contribution is -2.26. The van der Waals surface area contributed by atoms with Gasteiger partial charge >= 0.3 is 0 Å². The zero-order valence-electron chi connectivity index (χ0n) is 13.5. The fourth-order valence-electron chi connectivity index (χ4n) is 3.67. The van der Waals surface area contributed by atoms with Crippen molar-refractivity contribution in [1.82, 2.24) is 9.88 Å². The van der Waals surface area contributed by atoms with Gasteiger partial charge in [-0.25, -0.2) is 4.39 Å². The van der Waals surface area contributed by atoms with Crippen molar-refractivity contribution in [2.75, 3.05) is 19.6 Å². The molecule has 0 saturated carbocycles. The molecule has 1 fully saturated rings. The lowest BCUT2D eigenvalue weighted by molar-refractivity contribution is 0.313. The van der Waals surface area contributed by atoms with Gasteiger partial charge in [-0.15, -0.1) is 0 Å². The number of fused-ring (bicyclic) bond motifs is 1. The molecule has 0 N–H and O–H groups in total. The van der Waals surface area contributed by atoms with E-state index in [-0.39, 0.29) is 5.82 Å². The van der Waals surface area contributed by atoms with Gasteiger partial charge in [-0.1, -0.05) is 0 Å². The Balaban J connectivity index is 1.27. The first kappa shape index (κ1) is 15.9. The second-order valence-corrected chi connectivity index (χ2v) is 7.64. The highest BCUT2D eigenvalue weighted by Crippen LogP contribution is 2.34. The van der Waals surface area contributed by atoms with Crippen molar-refractivity contribution < 1.29 is 8.57 Å². The lowest BCUT2D eigenvalue weighted by Gasteiger charge is -2.20. The van der Waals surface area contributed by atoms with E-state index in [4.69, 9.17) is 4.18 Å². The van der Waals surface area contributed by atoms with Crippen LogP contribution in [0.25, 0.3) is 0 Å². The van der Waals surface area contributed by atoms with E-state index < -0.39 is 0 Å². The Kier molecular flexibility index (Phi) is 4.72. The lowest BCUT2D eigenvalue weighted by atomic mass is 10.0. The summed E-state index contributed by atoms with van der Waals surface area (Å²) in [5.74, 6) is 1.11. The molecule has 1 aromatic carbocycles. The van der Waals surface area contributed by atoms with Crippen molar-refractivity contribution in [3.05, 3.63) is 59.7 Å². The normalized spacial score (nSPS) is 23.4. The van der Waals surface area contributed by atoms with E-state index in [0.29, 0.717) is 11.2 Å². The summed E-state index contributed by atoms with van der Waals surface area (Å²) in [5, 5.41) is 0.477. The second kappa shape index (κ2) is 7.11.